The number of carbonyl (C=O) groups is 1. The van der Waals surface area contributed by atoms with E-state index in [4.69, 9.17) is 28.2 Å². The number of aromatic nitrogens is 4. The highest BCUT2D eigenvalue weighted by molar-refractivity contribution is 6.35. The van der Waals surface area contributed by atoms with Crippen molar-refractivity contribution < 1.29 is 13.6 Å². The predicted octanol–water partition coefficient (Wildman–Crippen LogP) is 6.86. The first-order valence-electron chi connectivity index (χ1n) is 14.1. The van der Waals surface area contributed by atoms with E-state index in [1.54, 1.807) is 24.3 Å². The molecular formula is C32H23Cl2F2N5O2. The van der Waals surface area contributed by atoms with Crippen molar-refractivity contribution in [1.82, 2.24) is 19.6 Å². The maximum atomic E-state index is 13.8. The van der Waals surface area contributed by atoms with E-state index in [-0.39, 0.29) is 29.2 Å². The van der Waals surface area contributed by atoms with Gasteiger partial charge in [0.15, 0.2) is 0 Å². The van der Waals surface area contributed by atoms with Gasteiger partial charge in [0, 0.05) is 58.8 Å². The van der Waals surface area contributed by atoms with E-state index < -0.39 is 12.1 Å². The first-order chi connectivity index (χ1) is 20.7. The summed E-state index contributed by atoms with van der Waals surface area (Å²) in [5.41, 5.74) is 7.09. The molecule has 4 aromatic rings. The number of alkyl halides is 2. The highest BCUT2D eigenvalue weighted by atomic mass is 35.5. The normalized spacial score (nSPS) is 22.1. The zero-order valence-corrected chi connectivity index (χ0v) is 24.1. The Morgan fingerprint density at radius 3 is 2.60 bits per heavy atom. The molecule has 0 unspecified atom stereocenters. The number of hydrogen-bond donors (Lipinski definition) is 0. The summed E-state index contributed by atoms with van der Waals surface area (Å²) in [6.45, 7) is 0. The largest absolute Gasteiger partial charge is 0.303 e. The summed E-state index contributed by atoms with van der Waals surface area (Å²) < 4.78 is 29.5. The first kappa shape index (κ1) is 26.7. The lowest BCUT2D eigenvalue weighted by atomic mass is 9.87. The Morgan fingerprint density at radius 1 is 0.930 bits per heavy atom. The first-order valence-corrected chi connectivity index (χ1v) is 14.9. The molecule has 1 saturated carbocycles. The Labute approximate surface area is 254 Å². The molecule has 8 rings (SSSR count). The van der Waals surface area contributed by atoms with Gasteiger partial charge in [-0.3, -0.25) is 9.59 Å². The fourth-order valence-electron chi connectivity index (χ4n) is 6.94. The summed E-state index contributed by atoms with van der Waals surface area (Å²) in [4.78, 5) is 30.4. The van der Waals surface area contributed by atoms with Crippen molar-refractivity contribution >= 4 is 40.3 Å². The Hall–Kier alpha value is -3.95. The summed E-state index contributed by atoms with van der Waals surface area (Å²) in [6, 6.07) is 14.5. The second-order valence-electron chi connectivity index (χ2n) is 11.6. The van der Waals surface area contributed by atoms with Gasteiger partial charge in [0.25, 0.3) is 12.0 Å². The van der Waals surface area contributed by atoms with Crippen LogP contribution in [0.5, 0.6) is 0 Å². The zero-order chi connectivity index (χ0) is 29.6. The summed E-state index contributed by atoms with van der Waals surface area (Å²) in [6.07, 6.45) is 1.69. The van der Waals surface area contributed by atoms with Crippen LogP contribution < -0.4 is 5.56 Å². The summed E-state index contributed by atoms with van der Waals surface area (Å²) in [5, 5.41) is 8.35. The second-order valence-corrected chi connectivity index (χ2v) is 12.4. The molecule has 2 aliphatic heterocycles. The van der Waals surface area contributed by atoms with E-state index >= 15 is 0 Å². The zero-order valence-electron chi connectivity index (χ0n) is 22.6. The number of benzene rings is 2. The highest BCUT2D eigenvalue weighted by Crippen LogP contribution is 2.60. The van der Waals surface area contributed by atoms with Crippen LogP contribution in [0.3, 0.4) is 0 Å². The molecule has 0 spiro atoms. The average molecular weight is 618 g/mol. The number of halogens is 4. The van der Waals surface area contributed by atoms with Crippen LogP contribution in [0.2, 0.25) is 5.02 Å². The SMILES string of the molecule is O=C1CCc2cc(C3=C(Cl)N=C([C@@H]4[C@H]5C[C@H]5c5cc(-c6cc(Cl)ccc6-n6cc(C(F)F)nn6)cc(=O)n54)C3)ccc2C1. The van der Waals surface area contributed by atoms with Crippen LogP contribution in [0, 0.1) is 5.92 Å². The van der Waals surface area contributed by atoms with Crippen LogP contribution in [0.1, 0.15) is 65.7 Å². The van der Waals surface area contributed by atoms with Crippen molar-refractivity contribution in [3.8, 4) is 16.8 Å². The van der Waals surface area contributed by atoms with Crippen molar-refractivity contribution in [2.24, 2.45) is 10.9 Å². The number of ketones is 1. The van der Waals surface area contributed by atoms with Crippen LogP contribution in [0.15, 0.2) is 69.7 Å². The van der Waals surface area contributed by atoms with Crippen LogP contribution in [0.4, 0.5) is 8.78 Å². The second kappa shape index (κ2) is 9.79. The number of Topliss-reactive ketones (excluding diaryl/α,β-unsaturated/α-hetero) is 1. The van der Waals surface area contributed by atoms with Crippen LogP contribution in [0.25, 0.3) is 22.4 Å². The lowest BCUT2D eigenvalue weighted by Gasteiger charge is -2.20. The molecule has 0 radical (unpaired) electrons. The molecule has 0 N–H and O–H groups in total. The number of rotatable bonds is 5. The number of fused-ring (bicyclic) bond motifs is 4. The fraction of sp³-hybridized carbons (Fsp3) is 0.281. The molecule has 11 heteroatoms. The van der Waals surface area contributed by atoms with Crippen molar-refractivity contribution in [1.29, 1.82) is 0 Å². The van der Waals surface area contributed by atoms with Gasteiger partial charge >= 0.3 is 0 Å². The fourth-order valence-corrected chi connectivity index (χ4v) is 7.39. The summed E-state index contributed by atoms with van der Waals surface area (Å²) >= 11 is 13.1. The third-order valence-corrected chi connectivity index (χ3v) is 9.61. The number of aryl methyl sites for hydroxylation is 1. The number of allylic oxidation sites excluding steroid dienone is 1. The Morgan fingerprint density at radius 2 is 1.79 bits per heavy atom. The minimum atomic E-state index is -2.75. The molecule has 4 aliphatic rings. The quantitative estimate of drug-likeness (QED) is 0.229. The molecule has 1 fully saturated rings. The maximum Gasteiger partial charge on any atom is 0.283 e. The third-order valence-electron chi connectivity index (χ3n) is 9.06. The van der Waals surface area contributed by atoms with E-state index in [2.05, 4.69) is 16.4 Å². The van der Waals surface area contributed by atoms with Crippen LogP contribution >= 0.6 is 23.2 Å². The topological polar surface area (TPSA) is 82.1 Å². The van der Waals surface area contributed by atoms with Gasteiger partial charge in [-0.15, -0.1) is 5.10 Å². The van der Waals surface area contributed by atoms with Gasteiger partial charge in [-0.05, 0) is 65.3 Å². The number of pyridine rings is 1. The van der Waals surface area contributed by atoms with E-state index in [0.29, 0.717) is 46.3 Å². The summed E-state index contributed by atoms with van der Waals surface area (Å²) in [7, 11) is 0. The molecule has 2 aromatic carbocycles. The average Bonchev–Trinajstić information content (AvgIpc) is 3.28. The standard InChI is InChI=1S/C32H23Cl2F2N5O2/c33-19-4-6-27(40-14-26(32(35)36)38-39-40)21(11-19)18-9-28-23-12-24(23)30(41(28)29(43)10-18)25-13-22(31(34)37-25)17-2-1-16-8-20(42)5-3-15(16)7-17/h1-2,4,6-7,9-11,14,23-24,30,32H,3,5,8,12-13H2/t23-,24+,30+/m1/s1. The predicted molar refractivity (Wildman–Crippen MR) is 159 cm³/mol. The molecule has 43 heavy (non-hydrogen) atoms. The number of nitrogens with zero attached hydrogens (tertiary/aromatic N) is 5. The lowest BCUT2D eigenvalue weighted by Crippen LogP contribution is -2.29. The van der Waals surface area contributed by atoms with Crippen LogP contribution in [-0.2, 0) is 17.6 Å². The minimum Gasteiger partial charge on any atom is -0.303 e. The molecule has 0 amide bonds. The number of aliphatic imine (C=N–C) groups is 1. The molecule has 0 bridgehead atoms. The number of hydrogen-bond acceptors (Lipinski definition) is 5. The van der Waals surface area contributed by atoms with E-state index in [1.807, 2.05) is 22.8 Å². The van der Waals surface area contributed by atoms with Crippen LogP contribution in [-0.4, -0.2) is 31.1 Å². The van der Waals surface area contributed by atoms with Gasteiger partial charge in [-0.25, -0.2) is 18.5 Å². The molecule has 7 nitrogen and oxygen atoms in total. The Kier molecular flexibility index (Phi) is 6.07. The van der Waals surface area contributed by atoms with Gasteiger partial charge in [-0.1, -0.05) is 46.6 Å². The Balaban J connectivity index is 1.12. The molecule has 216 valence electrons. The van der Waals surface area contributed by atoms with E-state index in [9.17, 15) is 18.4 Å². The van der Waals surface area contributed by atoms with Gasteiger partial charge in [-0.2, -0.15) is 0 Å². The Bertz CT molecular complexity index is 2000. The monoisotopic (exact) mass is 617 g/mol. The van der Waals surface area contributed by atoms with Crippen molar-refractivity contribution in [3.05, 3.63) is 103 Å². The summed E-state index contributed by atoms with van der Waals surface area (Å²) in [5.74, 6) is 0.731. The van der Waals surface area contributed by atoms with E-state index in [0.717, 1.165) is 40.9 Å². The van der Waals surface area contributed by atoms with Crippen molar-refractivity contribution in [3.63, 3.8) is 0 Å². The van der Waals surface area contributed by atoms with Gasteiger partial charge in [0.2, 0.25) is 0 Å². The molecule has 4 heterocycles. The van der Waals surface area contributed by atoms with Gasteiger partial charge in [0.1, 0.15) is 16.6 Å². The maximum absolute atomic E-state index is 13.8. The highest BCUT2D eigenvalue weighted by Gasteiger charge is 2.55. The smallest absolute Gasteiger partial charge is 0.283 e. The number of carbonyl (C=O) groups excluding carboxylic acids is 1. The lowest BCUT2D eigenvalue weighted by molar-refractivity contribution is -0.118. The molecule has 3 atom stereocenters. The molecule has 2 aromatic heterocycles. The molecular weight excluding hydrogens is 595 g/mol. The third kappa shape index (κ3) is 4.40. The van der Waals surface area contributed by atoms with Crippen molar-refractivity contribution in [2.75, 3.05) is 0 Å². The van der Waals surface area contributed by atoms with Crippen molar-refractivity contribution in [2.45, 2.75) is 50.5 Å². The molecule has 2 aliphatic carbocycles. The van der Waals surface area contributed by atoms with Gasteiger partial charge < -0.3 is 4.57 Å². The minimum absolute atomic E-state index is 0.173. The van der Waals surface area contributed by atoms with E-state index in [1.165, 1.54) is 16.4 Å². The van der Waals surface area contributed by atoms with Gasteiger partial charge in [0.05, 0.1) is 17.9 Å². The molecule has 0 saturated heterocycles.